The lowest BCUT2D eigenvalue weighted by molar-refractivity contribution is 0.414. The van der Waals surface area contributed by atoms with Gasteiger partial charge in [-0.3, -0.25) is 0 Å². The SMILES string of the molecule is Clc1cnc(NCC2CCCCN2)c(Cl)c1. The Bertz CT molecular complexity index is 351. The van der Waals surface area contributed by atoms with Crippen LogP contribution in [0, 0.1) is 0 Å². The first kappa shape index (κ1) is 12.0. The Kier molecular flexibility index (Phi) is 4.27. The van der Waals surface area contributed by atoms with Gasteiger partial charge in [0, 0.05) is 18.8 Å². The summed E-state index contributed by atoms with van der Waals surface area (Å²) >= 11 is 11.8. The van der Waals surface area contributed by atoms with Crippen molar-refractivity contribution in [2.45, 2.75) is 25.3 Å². The molecule has 0 amide bonds. The standard InChI is InChI=1S/C11H15Cl2N3/c12-8-5-10(13)11(15-6-8)16-7-9-3-1-2-4-14-9/h5-6,9,14H,1-4,7H2,(H,15,16). The third kappa shape index (κ3) is 3.24. The van der Waals surface area contributed by atoms with Crippen molar-refractivity contribution in [3.8, 4) is 0 Å². The highest BCUT2D eigenvalue weighted by atomic mass is 35.5. The van der Waals surface area contributed by atoms with E-state index >= 15 is 0 Å². The molecule has 0 aliphatic carbocycles. The number of halogens is 2. The van der Waals surface area contributed by atoms with E-state index in [4.69, 9.17) is 23.2 Å². The summed E-state index contributed by atoms with van der Waals surface area (Å²) in [6.45, 7) is 1.96. The first-order valence-electron chi connectivity index (χ1n) is 5.54. The Labute approximate surface area is 106 Å². The van der Waals surface area contributed by atoms with Crippen molar-refractivity contribution in [1.29, 1.82) is 0 Å². The van der Waals surface area contributed by atoms with Gasteiger partial charge in [0.15, 0.2) is 0 Å². The Hall–Kier alpha value is -0.510. The normalized spacial score (nSPS) is 20.8. The highest BCUT2D eigenvalue weighted by Gasteiger charge is 2.12. The molecule has 0 bridgehead atoms. The lowest BCUT2D eigenvalue weighted by Crippen LogP contribution is -2.39. The smallest absolute Gasteiger partial charge is 0.144 e. The van der Waals surface area contributed by atoms with E-state index in [1.807, 2.05) is 0 Å². The first-order chi connectivity index (χ1) is 7.75. The van der Waals surface area contributed by atoms with Crippen LogP contribution in [0.5, 0.6) is 0 Å². The molecule has 0 saturated carbocycles. The van der Waals surface area contributed by atoms with Crippen LogP contribution in [0.25, 0.3) is 0 Å². The van der Waals surface area contributed by atoms with Crippen LogP contribution in [0.3, 0.4) is 0 Å². The molecule has 2 rings (SSSR count). The average molecular weight is 260 g/mol. The number of anilines is 1. The molecule has 5 heteroatoms. The highest BCUT2D eigenvalue weighted by molar-refractivity contribution is 6.35. The van der Waals surface area contributed by atoms with E-state index in [9.17, 15) is 0 Å². The number of hydrogen-bond acceptors (Lipinski definition) is 3. The molecular weight excluding hydrogens is 245 g/mol. The summed E-state index contributed by atoms with van der Waals surface area (Å²) in [5.74, 6) is 0.707. The third-order valence-corrected chi connectivity index (χ3v) is 3.23. The Morgan fingerprint density at radius 1 is 1.44 bits per heavy atom. The van der Waals surface area contributed by atoms with Gasteiger partial charge in [-0.05, 0) is 25.5 Å². The third-order valence-electron chi connectivity index (χ3n) is 2.74. The van der Waals surface area contributed by atoms with Crippen molar-refractivity contribution < 1.29 is 0 Å². The van der Waals surface area contributed by atoms with Gasteiger partial charge in [0.2, 0.25) is 0 Å². The van der Waals surface area contributed by atoms with E-state index in [0.717, 1.165) is 13.1 Å². The molecule has 1 aromatic heterocycles. The number of rotatable bonds is 3. The fraction of sp³-hybridized carbons (Fsp3) is 0.545. The van der Waals surface area contributed by atoms with Gasteiger partial charge in [-0.15, -0.1) is 0 Å². The molecule has 1 fully saturated rings. The van der Waals surface area contributed by atoms with Crippen molar-refractivity contribution in [3.05, 3.63) is 22.3 Å². The molecule has 88 valence electrons. The zero-order valence-corrected chi connectivity index (χ0v) is 10.5. The quantitative estimate of drug-likeness (QED) is 0.877. The molecule has 1 atom stereocenters. The summed E-state index contributed by atoms with van der Waals surface area (Å²) < 4.78 is 0. The summed E-state index contributed by atoms with van der Waals surface area (Å²) in [7, 11) is 0. The van der Waals surface area contributed by atoms with E-state index in [0.29, 0.717) is 21.9 Å². The number of piperidine rings is 1. The molecular formula is C11H15Cl2N3. The van der Waals surface area contributed by atoms with Crippen molar-refractivity contribution >= 4 is 29.0 Å². The summed E-state index contributed by atoms with van der Waals surface area (Å²) in [5.41, 5.74) is 0. The zero-order valence-electron chi connectivity index (χ0n) is 8.97. The Morgan fingerprint density at radius 2 is 2.31 bits per heavy atom. The molecule has 1 aliphatic rings. The molecule has 1 unspecified atom stereocenters. The zero-order chi connectivity index (χ0) is 11.4. The van der Waals surface area contributed by atoms with E-state index < -0.39 is 0 Å². The van der Waals surface area contributed by atoms with Gasteiger partial charge in [-0.1, -0.05) is 29.6 Å². The molecule has 3 nitrogen and oxygen atoms in total. The summed E-state index contributed by atoms with van der Waals surface area (Å²) in [6.07, 6.45) is 5.37. The van der Waals surface area contributed by atoms with Crippen LogP contribution in [-0.2, 0) is 0 Å². The van der Waals surface area contributed by atoms with Crippen LogP contribution in [0.15, 0.2) is 12.3 Å². The minimum Gasteiger partial charge on any atom is -0.367 e. The number of nitrogens with zero attached hydrogens (tertiary/aromatic N) is 1. The second-order valence-electron chi connectivity index (χ2n) is 4.01. The first-order valence-corrected chi connectivity index (χ1v) is 6.29. The van der Waals surface area contributed by atoms with E-state index in [2.05, 4.69) is 15.6 Å². The van der Waals surface area contributed by atoms with Crippen LogP contribution < -0.4 is 10.6 Å². The van der Waals surface area contributed by atoms with Gasteiger partial charge in [0.05, 0.1) is 10.0 Å². The Morgan fingerprint density at radius 3 is 3.00 bits per heavy atom. The second kappa shape index (κ2) is 5.71. The summed E-state index contributed by atoms with van der Waals surface area (Å²) in [6, 6.07) is 2.22. The van der Waals surface area contributed by atoms with Crippen LogP contribution in [0.4, 0.5) is 5.82 Å². The molecule has 2 N–H and O–H groups in total. The lowest BCUT2D eigenvalue weighted by atomic mass is 10.1. The maximum atomic E-state index is 6.02. The van der Waals surface area contributed by atoms with Crippen molar-refractivity contribution in [1.82, 2.24) is 10.3 Å². The summed E-state index contributed by atoms with van der Waals surface area (Å²) in [5, 5.41) is 7.84. The minimum absolute atomic E-state index is 0.516. The number of pyridine rings is 1. The van der Waals surface area contributed by atoms with Gasteiger partial charge in [0.1, 0.15) is 5.82 Å². The van der Waals surface area contributed by atoms with Crippen LogP contribution in [0.1, 0.15) is 19.3 Å². The van der Waals surface area contributed by atoms with Gasteiger partial charge < -0.3 is 10.6 Å². The van der Waals surface area contributed by atoms with E-state index in [-0.39, 0.29) is 0 Å². The highest BCUT2D eigenvalue weighted by Crippen LogP contribution is 2.22. The fourth-order valence-corrected chi connectivity index (χ4v) is 2.31. The second-order valence-corrected chi connectivity index (χ2v) is 4.86. The van der Waals surface area contributed by atoms with Gasteiger partial charge >= 0.3 is 0 Å². The average Bonchev–Trinajstić information content (AvgIpc) is 2.29. The van der Waals surface area contributed by atoms with E-state index in [1.165, 1.54) is 19.3 Å². The maximum Gasteiger partial charge on any atom is 0.144 e. The van der Waals surface area contributed by atoms with Gasteiger partial charge in [-0.25, -0.2) is 4.98 Å². The van der Waals surface area contributed by atoms with E-state index in [1.54, 1.807) is 12.3 Å². The lowest BCUT2D eigenvalue weighted by Gasteiger charge is -2.24. The largest absolute Gasteiger partial charge is 0.367 e. The predicted molar refractivity (Wildman–Crippen MR) is 68.4 cm³/mol. The van der Waals surface area contributed by atoms with Crippen molar-refractivity contribution in [2.75, 3.05) is 18.4 Å². The van der Waals surface area contributed by atoms with Crippen LogP contribution in [0.2, 0.25) is 10.0 Å². The topological polar surface area (TPSA) is 37.0 Å². The van der Waals surface area contributed by atoms with Crippen LogP contribution in [-0.4, -0.2) is 24.1 Å². The molecule has 1 aromatic rings. The fourth-order valence-electron chi connectivity index (χ4n) is 1.86. The molecule has 0 spiro atoms. The predicted octanol–water partition coefficient (Wildman–Crippen LogP) is 2.94. The number of aromatic nitrogens is 1. The number of nitrogens with one attached hydrogen (secondary N) is 2. The molecule has 16 heavy (non-hydrogen) atoms. The monoisotopic (exact) mass is 259 g/mol. The van der Waals surface area contributed by atoms with Gasteiger partial charge in [-0.2, -0.15) is 0 Å². The van der Waals surface area contributed by atoms with Crippen molar-refractivity contribution in [2.24, 2.45) is 0 Å². The molecule has 1 saturated heterocycles. The van der Waals surface area contributed by atoms with Crippen LogP contribution >= 0.6 is 23.2 Å². The molecule has 0 radical (unpaired) electrons. The maximum absolute atomic E-state index is 6.02. The summed E-state index contributed by atoms with van der Waals surface area (Å²) in [4.78, 5) is 4.16. The molecule has 1 aliphatic heterocycles. The Balaban J connectivity index is 1.88. The van der Waals surface area contributed by atoms with Gasteiger partial charge in [0.25, 0.3) is 0 Å². The minimum atomic E-state index is 0.516. The molecule has 0 aromatic carbocycles. The number of hydrogen-bond donors (Lipinski definition) is 2. The molecule has 2 heterocycles. The van der Waals surface area contributed by atoms with Crippen molar-refractivity contribution in [3.63, 3.8) is 0 Å².